The van der Waals surface area contributed by atoms with Gasteiger partial charge in [0.15, 0.2) is 5.90 Å². The van der Waals surface area contributed by atoms with Crippen molar-refractivity contribution >= 4 is 5.90 Å². The van der Waals surface area contributed by atoms with Crippen LogP contribution in [0.3, 0.4) is 0 Å². The third kappa shape index (κ3) is 9.39. The average Bonchev–Trinajstić information content (AvgIpc) is 2.86. The molecule has 0 aromatic heterocycles. The van der Waals surface area contributed by atoms with Crippen LogP contribution in [-0.2, 0) is 4.74 Å². The lowest BCUT2D eigenvalue weighted by Crippen LogP contribution is -2.00. The quantitative estimate of drug-likeness (QED) is 0.385. The zero-order valence-electron chi connectivity index (χ0n) is 13.8. The van der Waals surface area contributed by atoms with Crippen LogP contribution in [0.4, 0.5) is 0 Å². The number of aliphatic imine (C=N–C) groups is 1. The van der Waals surface area contributed by atoms with E-state index < -0.39 is 0 Å². The van der Waals surface area contributed by atoms with Gasteiger partial charge in [-0.15, -0.1) is 0 Å². The van der Waals surface area contributed by atoms with Gasteiger partial charge in [-0.3, -0.25) is 0 Å². The zero-order chi connectivity index (χ0) is 14.5. The fourth-order valence-corrected chi connectivity index (χ4v) is 2.79. The fourth-order valence-electron chi connectivity index (χ4n) is 2.79. The fraction of sp³-hybridized carbons (Fsp3) is 0.944. The number of hydrogen-bond acceptors (Lipinski definition) is 2. The van der Waals surface area contributed by atoms with Crippen molar-refractivity contribution in [3.63, 3.8) is 0 Å². The number of rotatable bonds is 13. The molecule has 0 aromatic rings. The molecule has 1 atom stereocenters. The Morgan fingerprint density at radius 3 is 1.80 bits per heavy atom. The molecule has 1 unspecified atom stereocenters. The largest absolute Gasteiger partial charge is 0.479 e. The minimum absolute atomic E-state index is 0.391. The molecule has 0 aromatic carbocycles. The minimum Gasteiger partial charge on any atom is -0.479 e. The second-order valence-corrected chi connectivity index (χ2v) is 6.32. The molecule has 1 aliphatic rings. The molecule has 2 nitrogen and oxygen atoms in total. The zero-order valence-corrected chi connectivity index (χ0v) is 13.8. The Hall–Kier alpha value is -0.530. The first kappa shape index (κ1) is 17.5. The lowest BCUT2D eigenvalue weighted by molar-refractivity contribution is 0.314. The second-order valence-electron chi connectivity index (χ2n) is 6.32. The van der Waals surface area contributed by atoms with Crippen LogP contribution in [0.1, 0.15) is 97.3 Å². The van der Waals surface area contributed by atoms with E-state index in [1.165, 1.54) is 77.0 Å². The molecule has 0 saturated heterocycles. The Morgan fingerprint density at radius 1 is 0.850 bits per heavy atom. The summed E-state index contributed by atoms with van der Waals surface area (Å²) in [7, 11) is 0. The number of unbranched alkanes of at least 4 members (excludes halogenated alkanes) is 11. The highest BCUT2D eigenvalue weighted by atomic mass is 16.5. The molecular weight excluding hydrogens is 246 g/mol. The van der Waals surface area contributed by atoms with Crippen LogP contribution in [0.5, 0.6) is 0 Å². The molecule has 0 radical (unpaired) electrons. The summed E-state index contributed by atoms with van der Waals surface area (Å²) in [6, 6.07) is 0.391. The van der Waals surface area contributed by atoms with Gasteiger partial charge in [0.25, 0.3) is 0 Å². The van der Waals surface area contributed by atoms with E-state index in [1.54, 1.807) is 0 Å². The molecule has 0 spiro atoms. The van der Waals surface area contributed by atoms with Gasteiger partial charge in [0.05, 0.1) is 6.04 Å². The normalized spacial score (nSPS) is 18.1. The highest BCUT2D eigenvalue weighted by Crippen LogP contribution is 2.14. The first-order chi connectivity index (χ1) is 9.83. The summed E-state index contributed by atoms with van der Waals surface area (Å²) in [4.78, 5) is 4.47. The summed E-state index contributed by atoms with van der Waals surface area (Å²) < 4.78 is 5.52. The summed E-state index contributed by atoms with van der Waals surface area (Å²) >= 11 is 0. The van der Waals surface area contributed by atoms with E-state index in [2.05, 4.69) is 18.8 Å². The molecular formula is C18H35NO. The number of ether oxygens (including phenoxy) is 1. The molecule has 1 rings (SSSR count). The summed E-state index contributed by atoms with van der Waals surface area (Å²) in [5, 5.41) is 0. The number of nitrogens with zero attached hydrogens (tertiary/aromatic N) is 1. The molecule has 2 heteroatoms. The third-order valence-electron chi connectivity index (χ3n) is 4.10. The average molecular weight is 281 g/mol. The molecule has 1 heterocycles. The Kier molecular flexibility index (Phi) is 10.7. The van der Waals surface area contributed by atoms with E-state index in [4.69, 9.17) is 4.74 Å². The summed E-state index contributed by atoms with van der Waals surface area (Å²) in [5.41, 5.74) is 0. The van der Waals surface area contributed by atoms with Gasteiger partial charge in [-0.05, 0) is 13.3 Å². The van der Waals surface area contributed by atoms with Crippen LogP contribution in [-0.4, -0.2) is 18.5 Å². The van der Waals surface area contributed by atoms with Gasteiger partial charge in [-0.25, -0.2) is 4.99 Å². The number of hydrogen-bond donors (Lipinski definition) is 0. The van der Waals surface area contributed by atoms with E-state index in [0.717, 1.165) is 18.9 Å². The standard InChI is InChI=1S/C18H35NO/c1-3-4-5-6-7-8-9-10-11-12-13-14-15-18-19-17(2)16-20-18/h17H,3-16H2,1-2H3. The molecule has 0 bridgehead atoms. The van der Waals surface area contributed by atoms with Gasteiger partial charge in [-0.1, -0.05) is 77.6 Å². The van der Waals surface area contributed by atoms with Gasteiger partial charge in [0, 0.05) is 6.42 Å². The second kappa shape index (κ2) is 12.2. The maximum absolute atomic E-state index is 5.52. The van der Waals surface area contributed by atoms with Crippen LogP contribution in [0.2, 0.25) is 0 Å². The van der Waals surface area contributed by atoms with Crippen molar-refractivity contribution in [3.05, 3.63) is 0 Å². The summed E-state index contributed by atoms with van der Waals surface area (Å²) in [6.45, 7) is 5.20. The maximum atomic E-state index is 5.52. The molecule has 0 saturated carbocycles. The Labute approximate surface area is 126 Å². The molecule has 20 heavy (non-hydrogen) atoms. The van der Waals surface area contributed by atoms with Crippen molar-refractivity contribution in [1.29, 1.82) is 0 Å². The monoisotopic (exact) mass is 281 g/mol. The van der Waals surface area contributed by atoms with Gasteiger partial charge < -0.3 is 4.74 Å². The third-order valence-corrected chi connectivity index (χ3v) is 4.10. The summed E-state index contributed by atoms with van der Waals surface area (Å²) in [6.07, 6.45) is 17.9. The Morgan fingerprint density at radius 2 is 1.35 bits per heavy atom. The maximum Gasteiger partial charge on any atom is 0.183 e. The van der Waals surface area contributed by atoms with Gasteiger partial charge >= 0.3 is 0 Å². The van der Waals surface area contributed by atoms with E-state index in [9.17, 15) is 0 Å². The van der Waals surface area contributed by atoms with Crippen molar-refractivity contribution < 1.29 is 4.74 Å². The minimum atomic E-state index is 0.391. The van der Waals surface area contributed by atoms with E-state index in [-0.39, 0.29) is 0 Å². The van der Waals surface area contributed by atoms with Gasteiger partial charge in [0.2, 0.25) is 0 Å². The lowest BCUT2D eigenvalue weighted by Gasteiger charge is -2.03. The molecule has 118 valence electrons. The molecule has 0 fully saturated rings. The molecule has 0 N–H and O–H groups in total. The van der Waals surface area contributed by atoms with Crippen molar-refractivity contribution in [1.82, 2.24) is 0 Å². The van der Waals surface area contributed by atoms with E-state index in [0.29, 0.717) is 6.04 Å². The van der Waals surface area contributed by atoms with Crippen LogP contribution >= 0.6 is 0 Å². The van der Waals surface area contributed by atoms with Crippen LogP contribution in [0.25, 0.3) is 0 Å². The van der Waals surface area contributed by atoms with Crippen LogP contribution < -0.4 is 0 Å². The van der Waals surface area contributed by atoms with E-state index in [1.807, 2.05) is 0 Å². The molecule has 0 aliphatic carbocycles. The van der Waals surface area contributed by atoms with Gasteiger partial charge in [0.1, 0.15) is 6.61 Å². The van der Waals surface area contributed by atoms with Crippen molar-refractivity contribution in [2.24, 2.45) is 4.99 Å². The predicted molar refractivity (Wildman–Crippen MR) is 88.5 cm³/mol. The Bertz CT molecular complexity index is 250. The topological polar surface area (TPSA) is 21.6 Å². The molecule has 0 amide bonds. The highest BCUT2D eigenvalue weighted by Gasteiger charge is 2.12. The van der Waals surface area contributed by atoms with Crippen molar-refractivity contribution in [3.8, 4) is 0 Å². The molecule has 1 aliphatic heterocycles. The van der Waals surface area contributed by atoms with Gasteiger partial charge in [-0.2, -0.15) is 0 Å². The first-order valence-electron chi connectivity index (χ1n) is 9.02. The highest BCUT2D eigenvalue weighted by molar-refractivity contribution is 5.77. The van der Waals surface area contributed by atoms with Crippen LogP contribution in [0, 0.1) is 0 Å². The van der Waals surface area contributed by atoms with Crippen molar-refractivity contribution in [2.45, 2.75) is 103 Å². The predicted octanol–water partition coefficient (Wildman–Crippen LogP) is 5.89. The SMILES string of the molecule is CCCCCCCCCCCCCCC1=NC(C)CO1. The summed E-state index contributed by atoms with van der Waals surface area (Å²) in [5.74, 6) is 1.00. The smallest absolute Gasteiger partial charge is 0.183 e. The Balaban J connectivity index is 1.73. The van der Waals surface area contributed by atoms with Crippen LogP contribution in [0.15, 0.2) is 4.99 Å². The van der Waals surface area contributed by atoms with Crippen molar-refractivity contribution in [2.75, 3.05) is 6.61 Å². The lowest BCUT2D eigenvalue weighted by atomic mass is 10.0. The van der Waals surface area contributed by atoms with E-state index >= 15 is 0 Å². The first-order valence-corrected chi connectivity index (χ1v) is 9.02.